The average Bonchev–Trinajstić information content (AvgIpc) is 3.07. The first-order chi connectivity index (χ1) is 14.5. The molecule has 0 radical (unpaired) electrons. The van der Waals surface area contributed by atoms with Gasteiger partial charge in [-0.15, -0.1) is 0 Å². The molecule has 0 saturated carbocycles. The molecule has 0 N–H and O–H groups in total. The molecule has 0 aliphatic carbocycles. The van der Waals surface area contributed by atoms with Crippen LogP contribution in [0.25, 0.3) is 11.8 Å². The van der Waals surface area contributed by atoms with Gasteiger partial charge >= 0.3 is 0 Å². The number of hydrogen-bond acceptors (Lipinski definition) is 2. The molecule has 4 rings (SSSR count). The highest BCUT2D eigenvalue weighted by Gasteiger charge is 2.30. The quantitative estimate of drug-likeness (QED) is 0.444. The van der Waals surface area contributed by atoms with E-state index in [0.29, 0.717) is 17.2 Å². The van der Waals surface area contributed by atoms with Gasteiger partial charge in [0.15, 0.2) is 0 Å². The number of anilines is 1. The normalized spacial score (nSPS) is 14.9. The van der Waals surface area contributed by atoms with Crippen molar-refractivity contribution in [2.45, 2.75) is 13.8 Å². The number of nitrogens with zero attached hydrogens (tertiary/aromatic N) is 1. The van der Waals surface area contributed by atoms with E-state index < -0.39 is 0 Å². The van der Waals surface area contributed by atoms with Crippen LogP contribution in [0.2, 0.25) is 5.02 Å². The van der Waals surface area contributed by atoms with E-state index in [9.17, 15) is 4.79 Å². The number of amides is 1. The minimum atomic E-state index is -0.0577. The van der Waals surface area contributed by atoms with Crippen LogP contribution >= 0.6 is 11.6 Å². The Morgan fingerprint density at radius 3 is 2.23 bits per heavy atom. The van der Waals surface area contributed by atoms with Gasteiger partial charge in [0, 0.05) is 16.3 Å². The van der Waals surface area contributed by atoms with E-state index in [4.69, 9.17) is 16.3 Å². The number of rotatable bonds is 5. The standard InChI is InChI=1S/C26H22ClNO2/c1-3-30-24-14-6-19(7-15-24)16-21-17-25(20-8-10-22(27)11-9-20)28(26(21)29)23-12-4-18(2)5-13-23/h4-17H,3H2,1-2H3/b21-16+. The molecule has 30 heavy (non-hydrogen) atoms. The zero-order valence-corrected chi connectivity index (χ0v) is 17.7. The van der Waals surface area contributed by atoms with Crippen LogP contribution in [-0.2, 0) is 4.79 Å². The summed E-state index contributed by atoms with van der Waals surface area (Å²) in [6.45, 7) is 4.61. The van der Waals surface area contributed by atoms with Gasteiger partial charge in [0.25, 0.3) is 5.91 Å². The summed E-state index contributed by atoms with van der Waals surface area (Å²) in [6.07, 6.45) is 3.84. The molecule has 1 amide bonds. The van der Waals surface area contributed by atoms with Crippen molar-refractivity contribution >= 4 is 35.0 Å². The zero-order chi connectivity index (χ0) is 21.1. The summed E-state index contributed by atoms with van der Waals surface area (Å²) in [5.41, 5.74) is 5.32. The number of ether oxygens (including phenoxy) is 1. The van der Waals surface area contributed by atoms with Gasteiger partial charge in [0.1, 0.15) is 5.75 Å². The predicted molar refractivity (Wildman–Crippen MR) is 124 cm³/mol. The minimum Gasteiger partial charge on any atom is -0.494 e. The van der Waals surface area contributed by atoms with Crippen molar-refractivity contribution in [1.29, 1.82) is 0 Å². The largest absolute Gasteiger partial charge is 0.494 e. The second-order valence-corrected chi connectivity index (χ2v) is 7.55. The third-order valence-corrected chi connectivity index (χ3v) is 5.18. The summed E-state index contributed by atoms with van der Waals surface area (Å²) < 4.78 is 5.50. The maximum Gasteiger partial charge on any atom is 0.262 e. The molecular formula is C26H22ClNO2. The molecule has 0 atom stereocenters. The molecule has 1 aliphatic rings. The molecular weight excluding hydrogens is 394 g/mol. The highest BCUT2D eigenvalue weighted by atomic mass is 35.5. The van der Waals surface area contributed by atoms with Crippen molar-refractivity contribution in [3.8, 4) is 5.75 Å². The maximum absolute atomic E-state index is 13.4. The van der Waals surface area contributed by atoms with Crippen LogP contribution in [0.4, 0.5) is 5.69 Å². The molecule has 0 unspecified atom stereocenters. The van der Waals surface area contributed by atoms with E-state index in [2.05, 4.69) is 0 Å². The fourth-order valence-corrected chi connectivity index (χ4v) is 3.53. The lowest BCUT2D eigenvalue weighted by atomic mass is 10.1. The smallest absolute Gasteiger partial charge is 0.262 e. The summed E-state index contributed by atoms with van der Waals surface area (Å²) >= 11 is 6.07. The fourth-order valence-electron chi connectivity index (χ4n) is 3.41. The minimum absolute atomic E-state index is 0.0577. The van der Waals surface area contributed by atoms with Crippen molar-refractivity contribution in [2.75, 3.05) is 11.5 Å². The maximum atomic E-state index is 13.4. The molecule has 0 fully saturated rings. The molecule has 150 valence electrons. The Kier molecular flexibility index (Phi) is 5.73. The van der Waals surface area contributed by atoms with Crippen LogP contribution in [-0.4, -0.2) is 12.5 Å². The van der Waals surface area contributed by atoms with Crippen molar-refractivity contribution in [3.63, 3.8) is 0 Å². The number of aryl methyl sites for hydroxylation is 1. The van der Waals surface area contributed by atoms with Gasteiger partial charge in [-0.1, -0.05) is 53.6 Å². The molecule has 3 aromatic carbocycles. The second-order valence-electron chi connectivity index (χ2n) is 7.11. The number of carbonyl (C=O) groups is 1. The average molecular weight is 416 g/mol. The Morgan fingerprint density at radius 1 is 0.933 bits per heavy atom. The van der Waals surface area contributed by atoms with Crippen molar-refractivity contribution in [1.82, 2.24) is 0 Å². The van der Waals surface area contributed by atoms with Crippen LogP contribution < -0.4 is 9.64 Å². The van der Waals surface area contributed by atoms with E-state index in [1.165, 1.54) is 0 Å². The first-order valence-corrected chi connectivity index (χ1v) is 10.3. The number of carbonyl (C=O) groups excluding carboxylic acids is 1. The van der Waals surface area contributed by atoms with E-state index in [1.54, 1.807) is 4.90 Å². The Bertz CT molecular complexity index is 1110. The number of benzene rings is 3. The monoisotopic (exact) mass is 415 g/mol. The van der Waals surface area contributed by atoms with E-state index >= 15 is 0 Å². The lowest BCUT2D eigenvalue weighted by molar-refractivity contribution is -0.113. The molecule has 0 aromatic heterocycles. The molecule has 1 aliphatic heterocycles. The third kappa shape index (κ3) is 4.17. The Hall–Kier alpha value is -3.30. The number of halogens is 1. The summed E-state index contributed by atoms with van der Waals surface area (Å²) in [4.78, 5) is 15.1. The lowest BCUT2D eigenvalue weighted by Gasteiger charge is -2.21. The zero-order valence-electron chi connectivity index (χ0n) is 16.9. The molecule has 1 heterocycles. The van der Waals surface area contributed by atoms with Gasteiger partial charge in [-0.05, 0) is 73.5 Å². The first kappa shape index (κ1) is 20.0. The molecule has 4 heteroatoms. The Balaban J connectivity index is 1.75. The van der Waals surface area contributed by atoms with Crippen molar-refractivity contribution in [3.05, 3.63) is 106 Å². The summed E-state index contributed by atoms with van der Waals surface area (Å²) in [7, 11) is 0. The fraction of sp³-hybridized carbons (Fsp3) is 0.115. The summed E-state index contributed by atoms with van der Waals surface area (Å²) in [6, 6.07) is 23.2. The molecule has 0 bridgehead atoms. The van der Waals surface area contributed by atoms with Gasteiger partial charge in [-0.2, -0.15) is 0 Å². The van der Waals surface area contributed by atoms with E-state index in [0.717, 1.165) is 33.8 Å². The van der Waals surface area contributed by atoms with Gasteiger partial charge in [-0.25, -0.2) is 0 Å². The Morgan fingerprint density at radius 2 is 1.60 bits per heavy atom. The van der Waals surface area contributed by atoms with Crippen LogP contribution in [0.3, 0.4) is 0 Å². The van der Waals surface area contributed by atoms with Gasteiger partial charge < -0.3 is 4.74 Å². The van der Waals surface area contributed by atoms with E-state index in [1.807, 2.05) is 98.8 Å². The topological polar surface area (TPSA) is 29.5 Å². The molecule has 0 spiro atoms. The third-order valence-electron chi connectivity index (χ3n) is 4.93. The van der Waals surface area contributed by atoms with Gasteiger partial charge in [0.05, 0.1) is 12.3 Å². The van der Waals surface area contributed by atoms with Crippen molar-refractivity contribution < 1.29 is 9.53 Å². The summed E-state index contributed by atoms with van der Waals surface area (Å²) in [5, 5.41) is 0.663. The number of hydrogen-bond donors (Lipinski definition) is 0. The van der Waals surface area contributed by atoms with Crippen LogP contribution in [0.5, 0.6) is 5.75 Å². The SMILES string of the molecule is CCOc1ccc(/C=C2\C=C(c3ccc(Cl)cc3)N(c3ccc(C)cc3)C2=O)cc1. The first-order valence-electron chi connectivity index (χ1n) is 9.88. The summed E-state index contributed by atoms with van der Waals surface area (Å²) in [5.74, 6) is 0.758. The lowest BCUT2D eigenvalue weighted by Crippen LogP contribution is -2.24. The molecule has 3 nitrogen and oxygen atoms in total. The van der Waals surface area contributed by atoms with Crippen LogP contribution in [0.15, 0.2) is 84.4 Å². The highest BCUT2D eigenvalue weighted by molar-refractivity contribution is 6.30. The predicted octanol–water partition coefficient (Wildman–Crippen LogP) is 6.52. The van der Waals surface area contributed by atoms with E-state index in [-0.39, 0.29) is 5.91 Å². The molecule has 0 saturated heterocycles. The highest BCUT2D eigenvalue weighted by Crippen LogP contribution is 2.35. The van der Waals surface area contributed by atoms with Gasteiger partial charge in [0.2, 0.25) is 0 Å². The van der Waals surface area contributed by atoms with Crippen LogP contribution in [0, 0.1) is 6.92 Å². The molecule has 3 aromatic rings. The van der Waals surface area contributed by atoms with Crippen molar-refractivity contribution in [2.24, 2.45) is 0 Å². The van der Waals surface area contributed by atoms with Gasteiger partial charge in [-0.3, -0.25) is 9.69 Å². The van der Waals surface area contributed by atoms with Crippen LogP contribution in [0.1, 0.15) is 23.6 Å². The second kappa shape index (κ2) is 8.60. The Labute approximate surface area is 181 Å².